The van der Waals surface area contributed by atoms with Crippen LogP contribution in [0, 0.1) is 28.1 Å². The molecule has 4 N–H and O–H groups in total. The summed E-state index contributed by atoms with van der Waals surface area (Å²) in [6, 6.07) is 1.57. The third-order valence-corrected chi connectivity index (χ3v) is 13.3. The van der Waals surface area contributed by atoms with Crippen molar-refractivity contribution in [3.05, 3.63) is 24.2 Å². The zero-order valence-corrected chi connectivity index (χ0v) is 24.5. The number of furan rings is 1. The molecule has 15 atom stereocenters. The van der Waals surface area contributed by atoms with Gasteiger partial charge in [-0.15, -0.1) is 0 Å². The second-order valence-corrected chi connectivity index (χ2v) is 14.8. The fourth-order valence-electron chi connectivity index (χ4n) is 12.3. The van der Waals surface area contributed by atoms with Crippen molar-refractivity contribution in [3.63, 3.8) is 0 Å². The minimum atomic E-state index is -2.42. The minimum absolute atomic E-state index is 0.0251. The van der Waals surface area contributed by atoms with Gasteiger partial charge in [-0.05, 0) is 18.4 Å². The Hall–Kier alpha value is -2.59. The predicted octanol–water partition coefficient (Wildman–Crippen LogP) is -0.397. The number of carbonyl (C=O) groups is 3. The van der Waals surface area contributed by atoms with E-state index >= 15 is 0 Å². The number of aliphatic hydroxyl groups excluding tert-OH is 3. The number of carbonyl (C=O) groups excluding carboxylic acids is 3. The van der Waals surface area contributed by atoms with Gasteiger partial charge in [-0.2, -0.15) is 0 Å². The van der Waals surface area contributed by atoms with Crippen LogP contribution in [-0.4, -0.2) is 97.7 Å². The maximum absolute atomic E-state index is 13.5. The lowest BCUT2D eigenvalue weighted by atomic mass is 9.32. The molecule has 14 nitrogen and oxygen atoms in total. The van der Waals surface area contributed by atoms with E-state index in [4.69, 9.17) is 32.8 Å². The largest absolute Gasteiger partial charge is 0.472 e. The quantitative estimate of drug-likeness (QED) is 0.246. The number of cyclic esters (lactones) is 2. The Morgan fingerprint density at radius 1 is 1.00 bits per heavy atom. The first-order valence-electron chi connectivity index (χ1n) is 15.0. The first-order chi connectivity index (χ1) is 20.6. The number of hydrogen-bond acceptors (Lipinski definition) is 14. The lowest BCUT2D eigenvalue weighted by molar-refractivity contribution is -0.500. The molecule has 1 aromatic rings. The van der Waals surface area contributed by atoms with E-state index in [2.05, 4.69) is 0 Å². The molecule has 4 bridgehead atoms. The van der Waals surface area contributed by atoms with Gasteiger partial charge in [-0.1, -0.05) is 13.8 Å². The van der Waals surface area contributed by atoms with Gasteiger partial charge < -0.3 is 53.3 Å². The van der Waals surface area contributed by atoms with E-state index in [1.807, 2.05) is 0 Å². The van der Waals surface area contributed by atoms with E-state index < -0.39 is 118 Å². The lowest BCUT2D eigenvalue weighted by Crippen LogP contribution is -2.98. The first kappa shape index (κ1) is 27.7. The molecule has 5 heterocycles. The number of aliphatic hydroxyl groups is 4. The SMILES string of the molecule is CC(=O)OC1C(O)C23OC4(C)OC2(C2CC(=O)OC(c5ccoc5)C12C)C(O)C1(O)C(O)C2(C)CC1(O4)C31COC(=O)CC21. The topological polar surface area (TPSA) is 201 Å². The zero-order valence-electron chi connectivity index (χ0n) is 24.5. The van der Waals surface area contributed by atoms with Gasteiger partial charge in [0.05, 0.1) is 35.9 Å². The molecule has 15 unspecified atom stereocenters. The Morgan fingerprint density at radius 2 is 1.73 bits per heavy atom. The van der Waals surface area contributed by atoms with Crippen LogP contribution in [0.4, 0.5) is 0 Å². The number of ether oxygens (including phenoxy) is 6. The summed E-state index contributed by atoms with van der Waals surface area (Å²) in [6.07, 6.45) is -5.94. The number of rotatable bonds is 2. The highest BCUT2D eigenvalue weighted by atomic mass is 16.9. The van der Waals surface area contributed by atoms with Crippen molar-refractivity contribution in [1.82, 2.24) is 0 Å². The number of esters is 3. The number of hydrogen-bond donors (Lipinski definition) is 4. The second-order valence-electron chi connectivity index (χ2n) is 14.8. The number of fused-ring (bicyclic) bond motifs is 4. The van der Waals surface area contributed by atoms with Gasteiger partial charge in [-0.3, -0.25) is 14.4 Å². The van der Waals surface area contributed by atoms with Gasteiger partial charge in [0.1, 0.15) is 53.4 Å². The molecule has 4 aliphatic heterocycles. The molecular formula is C30H34O14. The minimum Gasteiger partial charge on any atom is -0.472 e. The predicted molar refractivity (Wildman–Crippen MR) is 136 cm³/mol. The fourth-order valence-corrected chi connectivity index (χ4v) is 12.3. The third kappa shape index (κ3) is 2.26. The van der Waals surface area contributed by atoms with Crippen molar-refractivity contribution in [3.8, 4) is 0 Å². The Labute approximate surface area is 250 Å². The van der Waals surface area contributed by atoms with Crippen molar-refractivity contribution in [1.29, 1.82) is 0 Å². The van der Waals surface area contributed by atoms with E-state index in [1.54, 1.807) is 19.9 Å². The molecule has 8 aliphatic rings. The van der Waals surface area contributed by atoms with Crippen LogP contribution >= 0.6 is 0 Å². The van der Waals surface area contributed by atoms with Crippen LogP contribution in [0.1, 0.15) is 58.6 Å². The van der Waals surface area contributed by atoms with Gasteiger partial charge in [0.15, 0.2) is 0 Å². The van der Waals surface area contributed by atoms with Crippen LogP contribution in [0.2, 0.25) is 0 Å². The van der Waals surface area contributed by atoms with Gasteiger partial charge in [0, 0.05) is 37.2 Å². The summed E-state index contributed by atoms with van der Waals surface area (Å²) >= 11 is 0. The Morgan fingerprint density at radius 3 is 2.41 bits per heavy atom. The Kier molecular flexibility index (Phi) is 4.63. The second kappa shape index (κ2) is 7.35. The molecule has 3 spiro atoms. The molecule has 14 heteroatoms. The zero-order chi connectivity index (χ0) is 31.3. The van der Waals surface area contributed by atoms with E-state index in [-0.39, 0.29) is 12.8 Å². The molecule has 0 amide bonds. The van der Waals surface area contributed by atoms with Crippen LogP contribution in [0.15, 0.2) is 23.0 Å². The van der Waals surface area contributed by atoms with Crippen LogP contribution < -0.4 is 0 Å². The average molecular weight is 619 g/mol. The molecular weight excluding hydrogens is 584 g/mol. The fraction of sp³-hybridized carbons (Fsp3) is 0.767. The molecule has 0 radical (unpaired) electrons. The Balaban J connectivity index is 1.41. The van der Waals surface area contributed by atoms with Crippen molar-refractivity contribution >= 4 is 17.9 Å². The maximum Gasteiger partial charge on any atom is 0.306 e. The molecule has 4 saturated carbocycles. The summed E-state index contributed by atoms with van der Waals surface area (Å²) in [4.78, 5) is 39.2. The summed E-state index contributed by atoms with van der Waals surface area (Å²) in [5, 5.41) is 50.5. The molecule has 9 rings (SSSR count). The summed E-state index contributed by atoms with van der Waals surface area (Å²) in [6.45, 7) is 5.58. The van der Waals surface area contributed by atoms with Crippen molar-refractivity contribution in [2.75, 3.05) is 6.61 Å². The van der Waals surface area contributed by atoms with Crippen LogP contribution in [0.25, 0.3) is 0 Å². The van der Waals surface area contributed by atoms with Crippen molar-refractivity contribution < 1.29 is 67.6 Å². The summed E-state index contributed by atoms with van der Waals surface area (Å²) < 4.78 is 43.0. The molecule has 238 valence electrons. The van der Waals surface area contributed by atoms with E-state index in [0.717, 1.165) is 0 Å². The van der Waals surface area contributed by atoms with Gasteiger partial charge in [-0.25, -0.2) is 0 Å². The smallest absolute Gasteiger partial charge is 0.306 e. The highest BCUT2D eigenvalue weighted by molar-refractivity contribution is 5.74. The van der Waals surface area contributed by atoms with Gasteiger partial charge in [0.2, 0.25) is 0 Å². The van der Waals surface area contributed by atoms with Crippen LogP contribution in [0.5, 0.6) is 0 Å². The molecule has 4 saturated heterocycles. The molecule has 44 heavy (non-hydrogen) atoms. The van der Waals surface area contributed by atoms with E-state index in [9.17, 15) is 34.8 Å². The Bertz CT molecular complexity index is 1550. The third-order valence-electron chi connectivity index (χ3n) is 13.3. The monoisotopic (exact) mass is 618 g/mol. The molecule has 4 aliphatic carbocycles. The normalized spacial score (nSPS) is 60.7. The van der Waals surface area contributed by atoms with Crippen LogP contribution in [-0.2, 0) is 42.8 Å². The standard InChI is InChI=1S/C30H34O14/c1-12(31)40-20-18(34)30-26-11-39-16(32)7-14(26)23(2)10-27(26)28(37,21(23)35)22(36)29(30,43-25(4,42-27)44-30)15-8-17(33)41-19(24(15,20)3)13-5-6-38-9-13/h5-6,9,14-15,18-22,34-37H,7-8,10-11H2,1-4H3. The highest BCUT2D eigenvalue weighted by Crippen LogP contribution is 2.89. The van der Waals surface area contributed by atoms with Gasteiger partial charge >= 0.3 is 17.9 Å². The average Bonchev–Trinajstić information content (AvgIpc) is 3.66. The summed E-state index contributed by atoms with van der Waals surface area (Å²) in [5.74, 6) is -5.99. The summed E-state index contributed by atoms with van der Waals surface area (Å²) in [5.41, 5.74) is -12.5. The first-order valence-corrected chi connectivity index (χ1v) is 15.0. The van der Waals surface area contributed by atoms with Gasteiger partial charge in [0.25, 0.3) is 5.97 Å². The lowest BCUT2D eigenvalue weighted by Gasteiger charge is -2.78. The molecule has 8 fully saturated rings. The van der Waals surface area contributed by atoms with E-state index in [0.29, 0.717) is 5.56 Å². The highest BCUT2D eigenvalue weighted by Gasteiger charge is 3.06. The van der Waals surface area contributed by atoms with Crippen molar-refractivity contribution in [2.24, 2.45) is 28.1 Å². The van der Waals surface area contributed by atoms with E-state index in [1.165, 1.54) is 26.4 Å². The van der Waals surface area contributed by atoms with Crippen molar-refractivity contribution in [2.45, 2.75) is 106 Å². The summed E-state index contributed by atoms with van der Waals surface area (Å²) in [7, 11) is 0. The van der Waals surface area contributed by atoms with Crippen LogP contribution in [0.3, 0.4) is 0 Å². The molecule has 1 aromatic heterocycles. The maximum atomic E-state index is 13.5. The molecule has 0 aromatic carbocycles.